The van der Waals surface area contributed by atoms with Gasteiger partial charge in [-0.15, -0.1) is 0 Å². The highest BCUT2D eigenvalue weighted by molar-refractivity contribution is 5.66. The van der Waals surface area contributed by atoms with Crippen LogP contribution in [0, 0.1) is 6.92 Å². The van der Waals surface area contributed by atoms with Crippen molar-refractivity contribution in [1.82, 2.24) is 14.6 Å². The van der Waals surface area contributed by atoms with Crippen molar-refractivity contribution in [3.05, 3.63) is 42.4 Å². The number of aromatic nitrogens is 3. The molecule has 2 aromatic rings. The molecule has 4 heteroatoms. The fourth-order valence-corrected chi connectivity index (χ4v) is 1.63. The maximum atomic E-state index is 4.50. The van der Waals surface area contributed by atoms with Gasteiger partial charge in [-0.3, -0.25) is 0 Å². The third-order valence-corrected chi connectivity index (χ3v) is 2.67. The first-order valence-electron chi connectivity index (χ1n) is 5.91. The van der Waals surface area contributed by atoms with Gasteiger partial charge in [-0.2, -0.15) is 5.10 Å². The Bertz CT molecular complexity index is 566. The van der Waals surface area contributed by atoms with Crippen molar-refractivity contribution in [2.24, 2.45) is 5.73 Å². The lowest BCUT2D eigenvalue weighted by atomic mass is 10.1. The smallest absolute Gasteiger partial charge is 0.159 e. The van der Waals surface area contributed by atoms with Crippen LogP contribution in [0.2, 0.25) is 0 Å². The number of rotatable bonds is 3. The Balaban J connectivity index is 0.000000771. The second kappa shape index (κ2) is 6.12. The van der Waals surface area contributed by atoms with E-state index in [2.05, 4.69) is 35.9 Å². The number of nitrogens with two attached hydrogens (primary N) is 1. The minimum absolute atomic E-state index is 0.862. The van der Waals surface area contributed by atoms with Gasteiger partial charge in [0.2, 0.25) is 0 Å². The van der Waals surface area contributed by atoms with Crippen LogP contribution in [0.3, 0.4) is 0 Å². The number of allylic oxidation sites excluding steroid dienone is 1. The van der Waals surface area contributed by atoms with Crippen LogP contribution in [0.25, 0.3) is 17.3 Å². The molecule has 2 aromatic heterocycles. The number of fused-ring (bicyclic) bond motifs is 1. The van der Waals surface area contributed by atoms with Crippen LogP contribution < -0.4 is 5.73 Å². The summed E-state index contributed by atoms with van der Waals surface area (Å²) >= 11 is 0. The zero-order valence-electron chi connectivity index (χ0n) is 11.3. The maximum Gasteiger partial charge on any atom is 0.159 e. The van der Waals surface area contributed by atoms with Crippen molar-refractivity contribution < 1.29 is 0 Å². The Hall–Kier alpha value is -1.94. The second-order valence-electron chi connectivity index (χ2n) is 3.79. The standard InChI is InChI=1S/C13H15N3.CH5N/c1-5-9(3)12-7-11(6-2)15-13-10(4)8-14-16(12)13;1-2/h6-8H,2-3,5H2,1,4H3;2H2,1H3. The Kier molecular flexibility index (Phi) is 4.80. The molecule has 2 N–H and O–H groups in total. The number of hydrogen-bond acceptors (Lipinski definition) is 3. The van der Waals surface area contributed by atoms with Crippen LogP contribution >= 0.6 is 0 Å². The van der Waals surface area contributed by atoms with E-state index in [-0.39, 0.29) is 0 Å². The molecule has 0 fully saturated rings. The van der Waals surface area contributed by atoms with Crippen molar-refractivity contribution in [2.45, 2.75) is 20.3 Å². The lowest BCUT2D eigenvalue weighted by molar-refractivity contribution is 0.911. The quantitative estimate of drug-likeness (QED) is 0.903. The number of nitrogens with zero attached hydrogens (tertiary/aromatic N) is 3. The summed E-state index contributed by atoms with van der Waals surface area (Å²) in [5, 5.41) is 4.32. The van der Waals surface area contributed by atoms with Crippen LogP contribution in [-0.4, -0.2) is 21.6 Å². The van der Waals surface area contributed by atoms with Crippen LogP contribution in [0.15, 0.2) is 25.4 Å². The van der Waals surface area contributed by atoms with E-state index in [1.807, 2.05) is 23.7 Å². The van der Waals surface area contributed by atoms with Crippen LogP contribution in [0.4, 0.5) is 0 Å². The predicted molar refractivity (Wildman–Crippen MR) is 77.3 cm³/mol. The fourth-order valence-electron chi connectivity index (χ4n) is 1.63. The van der Waals surface area contributed by atoms with Gasteiger partial charge in [-0.25, -0.2) is 9.50 Å². The fraction of sp³-hybridized carbons (Fsp3) is 0.286. The topological polar surface area (TPSA) is 56.2 Å². The molecule has 0 saturated carbocycles. The maximum absolute atomic E-state index is 4.50. The van der Waals surface area contributed by atoms with Gasteiger partial charge < -0.3 is 5.73 Å². The molecule has 4 nitrogen and oxygen atoms in total. The van der Waals surface area contributed by atoms with Crippen LogP contribution in [-0.2, 0) is 0 Å². The second-order valence-corrected chi connectivity index (χ2v) is 3.79. The van der Waals surface area contributed by atoms with E-state index in [9.17, 15) is 0 Å². The normalized spacial score (nSPS) is 9.78. The van der Waals surface area contributed by atoms with E-state index in [1.165, 1.54) is 7.05 Å². The summed E-state index contributed by atoms with van der Waals surface area (Å²) in [5.74, 6) is 0. The molecule has 0 unspecified atom stereocenters. The van der Waals surface area contributed by atoms with E-state index in [1.54, 1.807) is 6.08 Å². The molecular formula is C14H20N4. The molecule has 0 aliphatic carbocycles. The van der Waals surface area contributed by atoms with Gasteiger partial charge in [0.25, 0.3) is 0 Å². The van der Waals surface area contributed by atoms with Gasteiger partial charge >= 0.3 is 0 Å². The van der Waals surface area contributed by atoms with Gasteiger partial charge in [-0.1, -0.05) is 20.1 Å². The Morgan fingerprint density at radius 1 is 1.50 bits per heavy atom. The molecule has 18 heavy (non-hydrogen) atoms. The first kappa shape index (κ1) is 14.1. The van der Waals surface area contributed by atoms with Crippen molar-refractivity contribution in [3.8, 4) is 0 Å². The molecule has 0 aromatic carbocycles. The Morgan fingerprint density at radius 3 is 2.72 bits per heavy atom. The summed E-state index contributed by atoms with van der Waals surface area (Å²) in [5.41, 5.74) is 9.37. The summed E-state index contributed by atoms with van der Waals surface area (Å²) in [7, 11) is 1.50. The van der Waals surface area contributed by atoms with Gasteiger partial charge in [-0.05, 0) is 38.1 Å². The van der Waals surface area contributed by atoms with E-state index < -0.39 is 0 Å². The lowest BCUT2D eigenvalue weighted by Crippen LogP contribution is -2.01. The first-order valence-corrected chi connectivity index (χ1v) is 5.91. The van der Waals surface area contributed by atoms with Crippen LogP contribution in [0.5, 0.6) is 0 Å². The highest BCUT2D eigenvalue weighted by atomic mass is 15.3. The van der Waals surface area contributed by atoms with E-state index in [0.29, 0.717) is 0 Å². The zero-order chi connectivity index (χ0) is 13.7. The SMILES string of the molecule is C=Cc1cc(C(=C)CC)n2ncc(C)c2n1.CN. The van der Waals surface area contributed by atoms with Crippen molar-refractivity contribution in [2.75, 3.05) is 7.05 Å². The van der Waals surface area contributed by atoms with E-state index in [4.69, 9.17) is 0 Å². The average Bonchev–Trinajstić information content (AvgIpc) is 2.81. The molecule has 0 saturated heterocycles. The molecule has 0 bridgehead atoms. The molecular weight excluding hydrogens is 224 g/mol. The largest absolute Gasteiger partial charge is 0.333 e. The highest BCUT2D eigenvalue weighted by Gasteiger charge is 2.09. The highest BCUT2D eigenvalue weighted by Crippen LogP contribution is 2.19. The van der Waals surface area contributed by atoms with Gasteiger partial charge in [0.1, 0.15) is 0 Å². The monoisotopic (exact) mass is 244 g/mol. The van der Waals surface area contributed by atoms with Gasteiger partial charge in [0.05, 0.1) is 17.6 Å². The van der Waals surface area contributed by atoms with Gasteiger partial charge in [0.15, 0.2) is 5.65 Å². The first-order chi connectivity index (χ1) is 8.67. The van der Waals surface area contributed by atoms with Crippen LogP contribution in [0.1, 0.15) is 30.3 Å². The Labute approximate surface area is 108 Å². The van der Waals surface area contributed by atoms with Crippen molar-refractivity contribution >= 4 is 17.3 Å². The summed E-state index contributed by atoms with van der Waals surface area (Å²) in [4.78, 5) is 4.47. The number of hydrogen-bond donors (Lipinski definition) is 1. The summed E-state index contributed by atoms with van der Waals surface area (Å²) < 4.78 is 1.84. The molecule has 2 rings (SSSR count). The minimum atomic E-state index is 0.862. The third-order valence-electron chi connectivity index (χ3n) is 2.67. The molecule has 0 atom stereocenters. The van der Waals surface area contributed by atoms with Crippen molar-refractivity contribution in [1.29, 1.82) is 0 Å². The molecule has 2 heterocycles. The molecule has 0 spiro atoms. The molecule has 96 valence electrons. The summed E-state index contributed by atoms with van der Waals surface area (Å²) in [6, 6.07) is 1.97. The van der Waals surface area contributed by atoms with E-state index >= 15 is 0 Å². The average molecular weight is 244 g/mol. The Morgan fingerprint density at radius 2 is 2.17 bits per heavy atom. The van der Waals surface area contributed by atoms with Crippen molar-refractivity contribution in [3.63, 3.8) is 0 Å². The van der Waals surface area contributed by atoms with Gasteiger partial charge in [0, 0.05) is 5.56 Å². The summed E-state index contributed by atoms with van der Waals surface area (Å²) in [6.07, 6.45) is 4.47. The summed E-state index contributed by atoms with van der Waals surface area (Å²) in [6.45, 7) is 11.9. The molecule has 0 aliphatic rings. The lowest BCUT2D eigenvalue weighted by Gasteiger charge is -2.07. The number of aryl methyl sites for hydroxylation is 1. The predicted octanol–water partition coefficient (Wildman–Crippen LogP) is 2.68. The zero-order valence-corrected chi connectivity index (χ0v) is 11.3. The molecule has 0 radical (unpaired) electrons. The molecule has 0 amide bonds. The minimum Gasteiger partial charge on any atom is -0.333 e. The third kappa shape index (κ3) is 2.49. The van der Waals surface area contributed by atoms with E-state index in [0.717, 1.165) is 34.6 Å². The molecule has 0 aliphatic heterocycles.